The summed E-state index contributed by atoms with van der Waals surface area (Å²) in [6, 6.07) is 0. The SMILES string of the molecule is CNCCn1ccn(CCNC)c1=S. The summed E-state index contributed by atoms with van der Waals surface area (Å²) < 4.78 is 5.07. The van der Waals surface area contributed by atoms with Gasteiger partial charge in [0.1, 0.15) is 0 Å². The number of likely N-dealkylation sites (N-methyl/N-ethyl adjacent to an activating group) is 2. The number of hydrogen-bond donors (Lipinski definition) is 2. The van der Waals surface area contributed by atoms with E-state index >= 15 is 0 Å². The standard InChI is InChI=1S/C9H18N4S/c1-10-3-5-12-7-8-13(9(12)14)6-4-11-2/h7-8,10-11H,3-6H2,1-2H3. The number of nitrogens with zero attached hydrogens (tertiary/aromatic N) is 2. The highest BCUT2D eigenvalue weighted by atomic mass is 32.1. The minimum Gasteiger partial charge on any atom is -0.323 e. The molecular weight excluding hydrogens is 196 g/mol. The third-order valence-corrected chi connectivity index (χ3v) is 2.59. The van der Waals surface area contributed by atoms with Gasteiger partial charge in [-0.3, -0.25) is 0 Å². The summed E-state index contributed by atoms with van der Waals surface area (Å²) in [5, 5.41) is 6.21. The monoisotopic (exact) mass is 214 g/mol. The Morgan fingerprint density at radius 1 is 1.07 bits per heavy atom. The number of rotatable bonds is 6. The summed E-state index contributed by atoms with van der Waals surface area (Å²) in [5.74, 6) is 0. The Labute approximate surface area is 89.9 Å². The molecule has 0 atom stereocenters. The number of aromatic nitrogens is 2. The Morgan fingerprint density at radius 2 is 1.50 bits per heavy atom. The number of hydrogen-bond acceptors (Lipinski definition) is 3. The van der Waals surface area contributed by atoms with Crippen molar-refractivity contribution >= 4 is 12.2 Å². The molecule has 0 aliphatic rings. The van der Waals surface area contributed by atoms with Gasteiger partial charge in [-0.15, -0.1) is 0 Å². The molecule has 0 unspecified atom stereocenters. The Hall–Kier alpha value is -0.650. The fourth-order valence-corrected chi connectivity index (χ4v) is 1.56. The van der Waals surface area contributed by atoms with E-state index in [2.05, 4.69) is 19.8 Å². The zero-order valence-corrected chi connectivity index (χ0v) is 9.60. The van der Waals surface area contributed by atoms with E-state index in [-0.39, 0.29) is 0 Å². The van der Waals surface area contributed by atoms with Crippen molar-refractivity contribution in [3.8, 4) is 0 Å². The maximum atomic E-state index is 5.32. The normalized spacial score (nSPS) is 10.7. The van der Waals surface area contributed by atoms with Crippen LogP contribution in [0.15, 0.2) is 12.4 Å². The highest BCUT2D eigenvalue weighted by Crippen LogP contribution is 1.96. The lowest BCUT2D eigenvalue weighted by atomic mass is 10.6. The average Bonchev–Trinajstić information content (AvgIpc) is 2.54. The van der Waals surface area contributed by atoms with Gasteiger partial charge in [0.2, 0.25) is 0 Å². The van der Waals surface area contributed by atoms with Crippen LogP contribution < -0.4 is 10.6 Å². The first-order valence-electron chi connectivity index (χ1n) is 4.84. The second-order valence-corrected chi connectivity index (χ2v) is 3.54. The molecule has 5 heteroatoms. The lowest BCUT2D eigenvalue weighted by Gasteiger charge is -2.03. The van der Waals surface area contributed by atoms with Gasteiger partial charge in [0.15, 0.2) is 4.77 Å². The fourth-order valence-electron chi connectivity index (χ4n) is 1.26. The van der Waals surface area contributed by atoms with Crippen LogP contribution in [-0.4, -0.2) is 36.3 Å². The molecule has 0 fully saturated rings. The third-order valence-electron chi connectivity index (χ3n) is 2.12. The van der Waals surface area contributed by atoms with Crippen molar-refractivity contribution in [1.82, 2.24) is 19.8 Å². The van der Waals surface area contributed by atoms with Crippen molar-refractivity contribution < 1.29 is 0 Å². The average molecular weight is 214 g/mol. The summed E-state index contributed by atoms with van der Waals surface area (Å²) >= 11 is 5.32. The predicted octanol–water partition coefficient (Wildman–Crippen LogP) is 0.458. The zero-order valence-electron chi connectivity index (χ0n) is 8.79. The third kappa shape index (κ3) is 2.94. The van der Waals surface area contributed by atoms with Gasteiger partial charge in [-0.25, -0.2) is 0 Å². The van der Waals surface area contributed by atoms with Crippen LogP contribution in [0.5, 0.6) is 0 Å². The van der Waals surface area contributed by atoms with E-state index in [4.69, 9.17) is 12.2 Å². The van der Waals surface area contributed by atoms with Crippen molar-refractivity contribution in [2.24, 2.45) is 0 Å². The largest absolute Gasteiger partial charge is 0.323 e. The minimum absolute atomic E-state index is 0.899. The van der Waals surface area contributed by atoms with Gasteiger partial charge in [0, 0.05) is 38.6 Å². The van der Waals surface area contributed by atoms with Gasteiger partial charge in [-0.2, -0.15) is 0 Å². The van der Waals surface area contributed by atoms with E-state index in [0.29, 0.717) is 0 Å². The van der Waals surface area contributed by atoms with Crippen LogP contribution in [0.1, 0.15) is 0 Å². The van der Waals surface area contributed by atoms with Crippen molar-refractivity contribution in [3.63, 3.8) is 0 Å². The topological polar surface area (TPSA) is 33.9 Å². The van der Waals surface area contributed by atoms with E-state index in [1.807, 2.05) is 26.5 Å². The van der Waals surface area contributed by atoms with Gasteiger partial charge >= 0.3 is 0 Å². The Kier molecular flexibility index (Phi) is 4.86. The number of nitrogens with one attached hydrogen (secondary N) is 2. The molecule has 0 amide bonds. The number of imidazole rings is 1. The molecule has 14 heavy (non-hydrogen) atoms. The van der Waals surface area contributed by atoms with Crippen LogP contribution in [-0.2, 0) is 13.1 Å². The molecule has 1 rings (SSSR count). The molecule has 1 aromatic heterocycles. The summed E-state index contributed by atoms with van der Waals surface area (Å²) in [6.45, 7) is 3.76. The fraction of sp³-hybridized carbons (Fsp3) is 0.667. The minimum atomic E-state index is 0.899. The van der Waals surface area contributed by atoms with Gasteiger partial charge in [-0.05, 0) is 26.3 Å². The summed E-state index contributed by atoms with van der Waals surface area (Å²) in [6.07, 6.45) is 4.07. The van der Waals surface area contributed by atoms with Crippen molar-refractivity contribution in [1.29, 1.82) is 0 Å². The summed E-state index contributed by atoms with van der Waals surface area (Å²) in [7, 11) is 3.89. The summed E-state index contributed by atoms with van der Waals surface area (Å²) in [5.41, 5.74) is 0. The van der Waals surface area contributed by atoms with Crippen LogP contribution in [0, 0.1) is 4.77 Å². The molecule has 0 saturated carbocycles. The molecule has 80 valence electrons. The van der Waals surface area contributed by atoms with E-state index in [1.54, 1.807) is 0 Å². The van der Waals surface area contributed by atoms with Crippen LogP contribution >= 0.6 is 12.2 Å². The Balaban J connectivity index is 2.60. The van der Waals surface area contributed by atoms with Gasteiger partial charge in [-0.1, -0.05) is 0 Å². The molecule has 0 spiro atoms. The predicted molar refractivity (Wildman–Crippen MR) is 61.1 cm³/mol. The van der Waals surface area contributed by atoms with Gasteiger partial charge in [0.25, 0.3) is 0 Å². The van der Waals surface area contributed by atoms with Crippen molar-refractivity contribution in [2.75, 3.05) is 27.2 Å². The first-order valence-corrected chi connectivity index (χ1v) is 5.25. The lowest BCUT2D eigenvalue weighted by Crippen LogP contribution is -2.17. The molecule has 0 bridgehead atoms. The van der Waals surface area contributed by atoms with Crippen LogP contribution in [0.2, 0.25) is 0 Å². The molecule has 0 radical (unpaired) electrons. The Morgan fingerprint density at radius 3 is 1.86 bits per heavy atom. The maximum absolute atomic E-state index is 5.32. The van der Waals surface area contributed by atoms with Crippen LogP contribution in [0.4, 0.5) is 0 Å². The van der Waals surface area contributed by atoms with E-state index in [9.17, 15) is 0 Å². The van der Waals surface area contributed by atoms with Crippen LogP contribution in [0.25, 0.3) is 0 Å². The Bertz CT molecular complexity index is 286. The molecular formula is C9H18N4S. The lowest BCUT2D eigenvalue weighted by molar-refractivity contribution is 0.594. The smallest absolute Gasteiger partial charge is 0.179 e. The van der Waals surface area contributed by atoms with Gasteiger partial charge in [0.05, 0.1) is 0 Å². The highest BCUT2D eigenvalue weighted by Gasteiger charge is 1.97. The molecule has 1 heterocycles. The molecule has 0 aliphatic heterocycles. The second-order valence-electron chi connectivity index (χ2n) is 3.17. The van der Waals surface area contributed by atoms with Crippen molar-refractivity contribution in [3.05, 3.63) is 17.2 Å². The molecule has 1 aromatic rings. The van der Waals surface area contributed by atoms with E-state index in [1.165, 1.54) is 0 Å². The molecule has 0 aliphatic carbocycles. The van der Waals surface area contributed by atoms with E-state index < -0.39 is 0 Å². The van der Waals surface area contributed by atoms with Crippen molar-refractivity contribution in [2.45, 2.75) is 13.1 Å². The highest BCUT2D eigenvalue weighted by molar-refractivity contribution is 7.71. The molecule has 2 N–H and O–H groups in total. The van der Waals surface area contributed by atoms with Gasteiger partial charge < -0.3 is 19.8 Å². The molecule has 0 saturated heterocycles. The molecule has 4 nitrogen and oxygen atoms in total. The van der Waals surface area contributed by atoms with E-state index in [0.717, 1.165) is 31.0 Å². The maximum Gasteiger partial charge on any atom is 0.179 e. The van der Waals surface area contributed by atoms with Crippen LogP contribution in [0.3, 0.4) is 0 Å². The zero-order chi connectivity index (χ0) is 10.4. The molecule has 0 aromatic carbocycles. The first kappa shape index (κ1) is 11.4. The quantitative estimate of drug-likeness (QED) is 0.675. The second kappa shape index (κ2) is 5.95. The first-order chi connectivity index (χ1) is 6.79. The summed E-state index contributed by atoms with van der Waals surface area (Å²) in [4.78, 5) is 0.